The minimum absolute atomic E-state index is 0.144. The molecule has 2 aromatic rings. The molecule has 0 spiro atoms. The van der Waals surface area contributed by atoms with Gasteiger partial charge in [-0.25, -0.2) is 4.99 Å². The van der Waals surface area contributed by atoms with Crippen LogP contribution in [0.15, 0.2) is 47.5 Å². The quantitative estimate of drug-likeness (QED) is 0.544. The van der Waals surface area contributed by atoms with Crippen LogP contribution in [0.1, 0.15) is 25.0 Å². The Morgan fingerprint density at radius 3 is 2.46 bits per heavy atom. The Kier molecular flexibility index (Phi) is 8.14. The lowest BCUT2D eigenvalue weighted by molar-refractivity contribution is -0.114. The molecule has 1 amide bonds. The van der Waals surface area contributed by atoms with Crippen molar-refractivity contribution in [2.24, 2.45) is 4.99 Å². The molecule has 0 radical (unpaired) electrons. The summed E-state index contributed by atoms with van der Waals surface area (Å²) in [5, 5.41) is 6.82. The number of methoxy groups -OCH3 is 1. The number of nitrogens with one attached hydrogen (secondary N) is 2. The second-order valence-corrected chi connectivity index (χ2v) is 6.80. The number of carbonyl (C=O) groups is 1. The lowest BCUT2D eigenvalue weighted by Crippen LogP contribution is -2.38. The molecule has 0 heterocycles. The van der Waals surface area contributed by atoms with Crippen molar-refractivity contribution < 1.29 is 9.53 Å². The first-order valence-corrected chi connectivity index (χ1v) is 9.49. The molecule has 0 aliphatic heterocycles. The van der Waals surface area contributed by atoms with Gasteiger partial charge in [-0.3, -0.25) is 4.79 Å². The van der Waals surface area contributed by atoms with Crippen molar-refractivity contribution in [1.29, 1.82) is 0 Å². The minimum Gasteiger partial charge on any atom is -0.495 e. The summed E-state index contributed by atoms with van der Waals surface area (Å²) in [6.07, 6.45) is 0. The van der Waals surface area contributed by atoms with Gasteiger partial charge in [0.1, 0.15) is 5.75 Å². The van der Waals surface area contributed by atoms with E-state index in [9.17, 15) is 4.79 Å². The van der Waals surface area contributed by atoms with E-state index in [2.05, 4.69) is 15.5 Å². The van der Waals surface area contributed by atoms with Crippen molar-refractivity contribution in [3.05, 3.63) is 58.6 Å². The number of guanidine groups is 1. The molecule has 0 aliphatic rings. The van der Waals surface area contributed by atoms with Crippen molar-refractivity contribution in [2.45, 2.75) is 26.9 Å². The Labute approximate surface area is 171 Å². The summed E-state index contributed by atoms with van der Waals surface area (Å²) in [6, 6.07) is 13.4. The lowest BCUT2D eigenvalue weighted by Gasteiger charge is -2.22. The lowest BCUT2D eigenvalue weighted by atomic mass is 10.2. The molecular formula is C21H27ClN4O2. The number of carbonyl (C=O) groups excluding carboxylic acids is 1. The summed E-state index contributed by atoms with van der Waals surface area (Å²) in [6.45, 7) is 5.46. The molecule has 2 N–H and O–H groups in total. The highest BCUT2D eigenvalue weighted by molar-refractivity contribution is 6.30. The molecule has 28 heavy (non-hydrogen) atoms. The predicted octanol–water partition coefficient (Wildman–Crippen LogP) is 3.90. The van der Waals surface area contributed by atoms with Crippen LogP contribution in [-0.4, -0.2) is 37.5 Å². The smallest absolute Gasteiger partial charge is 0.221 e. The average molecular weight is 403 g/mol. The first-order chi connectivity index (χ1) is 13.4. The number of halogens is 1. The zero-order valence-electron chi connectivity index (χ0n) is 16.8. The van der Waals surface area contributed by atoms with Gasteiger partial charge in [-0.05, 0) is 42.3 Å². The number of anilines is 1. The highest BCUT2D eigenvalue weighted by Crippen LogP contribution is 2.25. The molecule has 0 bridgehead atoms. The van der Waals surface area contributed by atoms with Crippen molar-refractivity contribution in [2.75, 3.05) is 26.0 Å². The number of ether oxygens (including phenoxy) is 1. The van der Waals surface area contributed by atoms with Crippen LogP contribution in [0.5, 0.6) is 5.75 Å². The highest BCUT2D eigenvalue weighted by Gasteiger charge is 2.09. The third-order valence-corrected chi connectivity index (χ3v) is 4.27. The molecule has 0 fully saturated rings. The Morgan fingerprint density at radius 1 is 1.18 bits per heavy atom. The van der Waals surface area contributed by atoms with Gasteiger partial charge >= 0.3 is 0 Å². The standard InChI is InChI=1S/C21H27ClN4O2/c1-5-23-21(26(3)14-16-6-9-18(22)10-7-16)24-13-17-8-11-20(28-4)19(12-17)25-15(2)27/h6-12H,5,13-14H2,1-4H3,(H,23,24)(H,25,27). The van der Waals surface area contributed by atoms with E-state index < -0.39 is 0 Å². The number of nitrogens with zero attached hydrogens (tertiary/aromatic N) is 2. The normalized spacial score (nSPS) is 11.1. The molecule has 6 nitrogen and oxygen atoms in total. The summed E-state index contributed by atoms with van der Waals surface area (Å²) in [5.41, 5.74) is 2.76. The molecule has 0 aromatic heterocycles. The molecule has 0 atom stereocenters. The summed E-state index contributed by atoms with van der Waals surface area (Å²) >= 11 is 5.96. The number of hydrogen-bond donors (Lipinski definition) is 2. The molecule has 150 valence electrons. The molecule has 2 aromatic carbocycles. The maximum absolute atomic E-state index is 11.4. The first kappa shape index (κ1) is 21.6. The van der Waals surface area contributed by atoms with Crippen molar-refractivity contribution in [3.8, 4) is 5.75 Å². The Morgan fingerprint density at radius 2 is 1.86 bits per heavy atom. The Bertz CT molecular complexity index is 822. The first-order valence-electron chi connectivity index (χ1n) is 9.11. The zero-order valence-corrected chi connectivity index (χ0v) is 17.5. The van der Waals surface area contributed by atoms with Crippen molar-refractivity contribution in [1.82, 2.24) is 10.2 Å². The monoisotopic (exact) mass is 402 g/mol. The number of rotatable bonds is 7. The summed E-state index contributed by atoms with van der Waals surface area (Å²) < 4.78 is 5.30. The molecule has 7 heteroatoms. The topological polar surface area (TPSA) is 66.0 Å². The molecule has 0 saturated carbocycles. The van der Waals surface area contributed by atoms with Crippen molar-refractivity contribution in [3.63, 3.8) is 0 Å². The van der Waals surface area contributed by atoms with E-state index in [0.29, 0.717) is 24.5 Å². The molecule has 0 unspecified atom stereocenters. The largest absolute Gasteiger partial charge is 0.495 e. The van der Waals surface area contributed by atoms with Crippen LogP contribution in [0, 0.1) is 0 Å². The van der Waals surface area contributed by atoms with Gasteiger partial charge in [0.05, 0.1) is 19.3 Å². The van der Waals surface area contributed by atoms with Crippen molar-refractivity contribution >= 4 is 29.2 Å². The van der Waals surface area contributed by atoms with Gasteiger partial charge in [0.15, 0.2) is 5.96 Å². The van der Waals surface area contributed by atoms with Crippen LogP contribution < -0.4 is 15.4 Å². The van der Waals surface area contributed by atoms with Crippen LogP contribution in [0.25, 0.3) is 0 Å². The fourth-order valence-corrected chi connectivity index (χ4v) is 2.84. The Balaban J connectivity index is 2.14. The van der Waals surface area contributed by atoms with Gasteiger partial charge in [-0.1, -0.05) is 29.8 Å². The second-order valence-electron chi connectivity index (χ2n) is 6.37. The highest BCUT2D eigenvalue weighted by atomic mass is 35.5. The van der Waals surface area contributed by atoms with Gasteiger partial charge in [0.25, 0.3) is 0 Å². The third-order valence-electron chi connectivity index (χ3n) is 4.02. The average Bonchev–Trinajstić information content (AvgIpc) is 2.66. The Hall–Kier alpha value is -2.73. The number of hydrogen-bond acceptors (Lipinski definition) is 3. The molecular weight excluding hydrogens is 376 g/mol. The van der Waals surface area contributed by atoms with E-state index in [-0.39, 0.29) is 5.91 Å². The SMILES string of the molecule is CCNC(=NCc1ccc(OC)c(NC(C)=O)c1)N(C)Cc1ccc(Cl)cc1. The summed E-state index contributed by atoms with van der Waals surface area (Å²) in [4.78, 5) is 18.2. The van der Waals surface area contributed by atoms with E-state index in [1.165, 1.54) is 6.92 Å². The van der Waals surface area contributed by atoms with E-state index in [4.69, 9.17) is 21.3 Å². The van der Waals surface area contributed by atoms with Gasteiger partial charge in [0.2, 0.25) is 5.91 Å². The van der Waals surface area contributed by atoms with Crippen LogP contribution in [0.2, 0.25) is 5.02 Å². The minimum atomic E-state index is -0.144. The molecule has 0 saturated heterocycles. The maximum Gasteiger partial charge on any atom is 0.221 e. The summed E-state index contributed by atoms with van der Waals surface area (Å²) in [7, 11) is 3.57. The van der Waals surface area contributed by atoms with Crippen LogP contribution in [0.4, 0.5) is 5.69 Å². The van der Waals surface area contributed by atoms with Crippen LogP contribution >= 0.6 is 11.6 Å². The number of aliphatic imine (C=N–C) groups is 1. The number of amides is 1. The zero-order chi connectivity index (χ0) is 20.5. The van der Waals surface area contributed by atoms with Gasteiger partial charge in [0, 0.05) is 32.1 Å². The fraction of sp³-hybridized carbons (Fsp3) is 0.333. The van der Waals surface area contributed by atoms with Gasteiger partial charge < -0.3 is 20.3 Å². The molecule has 0 aliphatic carbocycles. The van der Waals surface area contributed by atoms with E-state index in [1.807, 2.05) is 56.4 Å². The van der Waals surface area contributed by atoms with E-state index in [1.54, 1.807) is 7.11 Å². The number of benzene rings is 2. The van der Waals surface area contributed by atoms with Crippen LogP contribution in [0.3, 0.4) is 0 Å². The third kappa shape index (κ3) is 6.46. The van der Waals surface area contributed by atoms with E-state index >= 15 is 0 Å². The summed E-state index contributed by atoms with van der Waals surface area (Å²) in [5.74, 6) is 1.28. The fourth-order valence-electron chi connectivity index (χ4n) is 2.72. The second kappa shape index (κ2) is 10.6. The van der Waals surface area contributed by atoms with E-state index in [0.717, 1.165) is 28.7 Å². The molecule has 2 rings (SSSR count). The maximum atomic E-state index is 11.4. The van der Waals surface area contributed by atoms with Gasteiger partial charge in [-0.2, -0.15) is 0 Å². The van der Waals surface area contributed by atoms with Crippen LogP contribution in [-0.2, 0) is 17.9 Å². The predicted molar refractivity (Wildman–Crippen MR) is 115 cm³/mol. The van der Waals surface area contributed by atoms with Gasteiger partial charge in [-0.15, -0.1) is 0 Å².